The highest BCUT2D eigenvalue weighted by molar-refractivity contribution is 6.02. The minimum atomic E-state index is -0.281. The maximum Gasteiger partial charge on any atom is 0.277 e. The first-order valence-electron chi connectivity index (χ1n) is 7.80. The first-order valence-corrected chi connectivity index (χ1v) is 7.80. The molecular formula is C17H17N5O2. The molecule has 0 spiro atoms. The number of aromatic nitrogens is 4. The van der Waals surface area contributed by atoms with Crippen LogP contribution >= 0.6 is 0 Å². The van der Waals surface area contributed by atoms with E-state index in [0.29, 0.717) is 17.4 Å². The summed E-state index contributed by atoms with van der Waals surface area (Å²) in [6, 6.07) is 11.2. The van der Waals surface area contributed by atoms with Crippen LogP contribution in [0.5, 0.6) is 5.75 Å². The first-order chi connectivity index (χ1) is 11.7. The summed E-state index contributed by atoms with van der Waals surface area (Å²) in [5.74, 6) is 1.43. The van der Waals surface area contributed by atoms with Crippen molar-refractivity contribution in [2.24, 2.45) is 0 Å². The molecule has 1 aliphatic rings. The lowest BCUT2D eigenvalue weighted by atomic mass is 10.1. The largest absolute Gasteiger partial charge is 0.496 e. The number of nitrogens with one attached hydrogen (secondary N) is 3. The number of aromatic amines is 2. The molecule has 3 aromatic rings. The molecule has 0 unspecified atom stereocenters. The summed E-state index contributed by atoms with van der Waals surface area (Å²) in [6.45, 7) is 0. The third-order valence-electron chi connectivity index (χ3n) is 4.06. The lowest BCUT2D eigenvalue weighted by Crippen LogP contribution is -2.12. The van der Waals surface area contributed by atoms with Crippen LogP contribution in [0, 0.1) is 0 Å². The Bertz CT molecular complexity index is 879. The number of carbonyl (C=O) groups is 1. The molecule has 2 heterocycles. The zero-order valence-corrected chi connectivity index (χ0v) is 13.2. The van der Waals surface area contributed by atoms with E-state index in [4.69, 9.17) is 4.74 Å². The standard InChI is InChI=1S/C17H17N5O2/c1-24-15-5-3-2-4-11(15)13-9-16(22-20-13)18-17(23)14-8-12(19-21-14)10-6-7-10/h2-5,8-10H,6-7H2,1H3,(H,19,21)(H2,18,20,22,23). The monoisotopic (exact) mass is 323 g/mol. The Morgan fingerprint density at radius 1 is 1.21 bits per heavy atom. The highest BCUT2D eigenvalue weighted by Gasteiger charge is 2.26. The Morgan fingerprint density at radius 2 is 2.04 bits per heavy atom. The van der Waals surface area contributed by atoms with Gasteiger partial charge in [0.1, 0.15) is 5.75 Å². The predicted octanol–water partition coefficient (Wildman–Crippen LogP) is 2.94. The highest BCUT2D eigenvalue weighted by Crippen LogP contribution is 2.39. The van der Waals surface area contributed by atoms with Crippen LogP contribution in [-0.4, -0.2) is 33.4 Å². The smallest absolute Gasteiger partial charge is 0.277 e. The van der Waals surface area contributed by atoms with E-state index < -0.39 is 0 Å². The van der Waals surface area contributed by atoms with Crippen LogP contribution in [0.25, 0.3) is 11.3 Å². The second-order valence-electron chi connectivity index (χ2n) is 5.80. The van der Waals surface area contributed by atoms with Gasteiger partial charge in [-0.15, -0.1) is 0 Å². The van der Waals surface area contributed by atoms with Gasteiger partial charge in [0.15, 0.2) is 11.5 Å². The van der Waals surface area contributed by atoms with Crippen LogP contribution < -0.4 is 10.1 Å². The number of methoxy groups -OCH3 is 1. The maximum atomic E-state index is 12.3. The minimum Gasteiger partial charge on any atom is -0.496 e. The van der Waals surface area contributed by atoms with Crippen LogP contribution in [0.1, 0.15) is 34.9 Å². The van der Waals surface area contributed by atoms with Crippen molar-refractivity contribution in [3.8, 4) is 17.0 Å². The molecule has 1 aromatic carbocycles. The Balaban J connectivity index is 1.51. The van der Waals surface area contributed by atoms with Crippen molar-refractivity contribution in [2.75, 3.05) is 12.4 Å². The zero-order valence-electron chi connectivity index (χ0n) is 13.2. The number of ether oxygens (including phenoxy) is 1. The molecule has 1 fully saturated rings. The van der Waals surface area contributed by atoms with E-state index in [9.17, 15) is 4.79 Å². The van der Waals surface area contributed by atoms with E-state index in [2.05, 4.69) is 25.7 Å². The average Bonchev–Trinajstić information content (AvgIpc) is 3.16. The molecule has 122 valence electrons. The molecule has 0 aliphatic heterocycles. The van der Waals surface area contributed by atoms with Gasteiger partial charge < -0.3 is 10.1 Å². The third-order valence-corrected chi connectivity index (χ3v) is 4.06. The molecule has 0 atom stereocenters. The number of H-pyrrole nitrogens is 2. The highest BCUT2D eigenvalue weighted by atomic mass is 16.5. The Hall–Kier alpha value is -3.09. The molecule has 7 nitrogen and oxygen atoms in total. The van der Waals surface area contributed by atoms with Crippen molar-refractivity contribution in [1.82, 2.24) is 20.4 Å². The van der Waals surface area contributed by atoms with Gasteiger partial charge in [-0.05, 0) is 31.0 Å². The van der Waals surface area contributed by atoms with Crippen molar-refractivity contribution in [1.29, 1.82) is 0 Å². The van der Waals surface area contributed by atoms with E-state index in [0.717, 1.165) is 35.5 Å². The van der Waals surface area contributed by atoms with Crippen LogP contribution in [0.2, 0.25) is 0 Å². The number of amides is 1. The predicted molar refractivity (Wildman–Crippen MR) is 89.1 cm³/mol. The molecule has 7 heteroatoms. The normalized spacial score (nSPS) is 13.7. The molecule has 0 saturated heterocycles. The van der Waals surface area contributed by atoms with Gasteiger partial charge in [0, 0.05) is 23.2 Å². The lowest BCUT2D eigenvalue weighted by molar-refractivity contribution is 0.102. The van der Waals surface area contributed by atoms with Gasteiger partial charge in [-0.2, -0.15) is 10.2 Å². The fraction of sp³-hybridized carbons (Fsp3) is 0.235. The Morgan fingerprint density at radius 3 is 2.83 bits per heavy atom. The number of carbonyl (C=O) groups excluding carboxylic acids is 1. The van der Waals surface area contributed by atoms with E-state index >= 15 is 0 Å². The van der Waals surface area contributed by atoms with Crippen molar-refractivity contribution in [3.05, 3.63) is 47.8 Å². The quantitative estimate of drug-likeness (QED) is 0.672. The van der Waals surface area contributed by atoms with Crippen LogP contribution in [-0.2, 0) is 0 Å². The van der Waals surface area contributed by atoms with Gasteiger partial charge in [-0.3, -0.25) is 15.0 Å². The summed E-state index contributed by atoms with van der Waals surface area (Å²) >= 11 is 0. The Kier molecular flexibility index (Phi) is 3.53. The van der Waals surface area contributed by atoms with E-state index in [-0.39, 0.29) is 5.91 Å². The van der Waals surface area contributed by atoms with Gasteiger partial charge in [-0.1, -0.05) is 12.1 Å². The molecule has 0 radical (unpaired) electrons. The second-order valence-corrected chi connectivity index (χ2v) is 5.80. The molecule has 0 bridgehead atoms. The molecular weight excluding hydrogens is 306 g/mol. The van der Waals surface area contributed by atoms with Crippen molar-refractivity contribution in [3.63, 3.8) is 0 Å². The van der Waals surface area contributed by atoms with Crippen LogP contribution in [0.4, 0.5) is 5.82 Å². The SMILES string of the molecule is COc1ccccc1-c1cc(NC(=O)c2cc(C3CC3)[nH]n2)n[nH]1. The summed E-state index contributed by atoms with van der Waals surface area (Å²) in [5.41, 5.74) is 3.04. The fourth-order valence-electron chi connectivity index (χ4n) is 2.63. The fourth-order valence-corrected chi connectivity index (χ4v) is 2.63. The van der Waals surface area contributed by atoms with Crippen molar-refractivity contribution in [2.45, 2.75) is 18.8 Å². The van der Waals surface area contributed by atoms with Gasteiger partial charge in [0.25, 0.3) is 5.91 Å². The van der Waals surface area contributed by atoms with E-state index in [1.165, 1.54) is 0 Å². The molecule has 1 aliphatic carbocycles. The van der Waals surface area contributed by atoms with Gasteiger partial charge >= 0.3 is 0 Å². The van der Waals surface area contributed by atoms with E-state index in [1.807, 2.05) is 24.3 Å². The number of hydrogen-bond donors (Lipinski definition) is 3. The van der Waals surface area contributed by atoms with Crippen molar-refractivity contribution >= 4 is 11.7 Å². The molecule has 2 aromatic heterocycles. The average molecular weight is 323 g/mol. The van der Waals surface area contributed by atoms with Gasteiger partial charge in [0.05, 0.1) is 12.8 Å². The Labute approximate surface area is 138 Å². The number of anilines is 1. The number of hydrogen-bond acceptors (Lipinski definition) is 4. The zero-order chi connectivity index (χ0) is 16.5. The van der Waals surface area contributed by atoms with Gasteiger partial charge in [0.2, 0.25) is 0 Å². The summed E-state index contributed by atoms with van der Waals surface area (Å²) in [7, 11) is 1.62. The number of para-hydroxylation sites is 1. The molecule has 1 amide bonds. The number of nitrogens with zero attached hydrogens (tertiary/aromatic N) is 2. The van der Waals surface area contributed by atoms with Gasteiger partial charge in [-0.25, -0.2) is 0 Å². The molecule has 1 saturated carbocycles. The first kappa shape index (κ1) is 14.5. The topological polar surface area (TPSA) is 95.7 Å². The summed E-state index contributed by atoms with van der Waals surface area (Å²) in [6.07, 6.45) is 2.32. The third kappa shape index (κ3) is 2.76. The second kappa shape index (κ2) is 5.84. The summed E-state index contributed by atoms with van der Waals surface area (Å²) in [4.78, 5) is 12.3. The molecule has 4 rings (SSSR count). The van der Waals surface area contributed by atoms with Crippen LogP contribution in [0.3, 0.4) is 0 Å². The number of rotatable bonds is 5. The van der Waals surface area contributed by atoms with E-state index in [1.54, 1.807) is 19.2 Å². The molecule has 3 N–H and O–H groups in total. The summed E-state index contributed by atoms with van der Waals surface area (Å²) < 4.78 is 5.34. The van der Waals surface area contributed by atoms with Crippen LogP contribution in [0.15, 0.2) is 36.4 Å². The summed E-state index contributed by atoms with van der Waals surface area (Å²) in [5, 5.41) is 16.8. The lowest BCUT2D eigenvalue weighted by Gasteiger charge is -2.04. The minimum absolute atomic E-state index is 0.281. The van der Waals surface area contributed by atoms with Crippen molar-refractivity contribution < 1.29 is 9.53 Å². The molecule has 24 heavy (non-hydrogen) atoms. The maximum absolute atomic E-state index is 12.3. The number of benzene rings is 1.